The number of amidine groups is 1. The number of ether oxygens (including phenoxy) is 1. The molecule has 174 valence electrons. The molecule has 0 atom stereocenters. The number of hydrogen-bond acceptors (Lipinski definition) is 5. The van der Waals surface area contributed by atoms with Crippen molar-refractivity contribution in [2.45, 2.75) is 27.7 Å². The molecule has 1 amide bonds. The number of methoxy groups -OCH3 is 1. The summed E-state index contributed by atoms with van der Waals surface area (Å²) in [7, 11) is 1.56. The second-order valence-electron chi connectivity index (χ2n) is 8.23. The monoisotopic (exact) mass is 536 g/mol. The number of nitrogens with zero attached hydrogens (tertiary/aromatic N) is 2. The molecule has 1 heterocycles. The Balaban J connectivity index is 1.84. The van der Waals surface area contributed by atoms with E-state index in [1.54, 1.807) is 30.2 Å². The standard InChI is InChI=1S/C27H25BrN2O3S/c1-15-6-8-20(10-17(15)3)29-27-30(21-9-7-16(2)18(4)11-21)26(32)24(34-27)13-19-12-22(33-5)14-23(28)25(19)31/h6-14,31H,1-5H3/b24-13-,29-27?. The summed E-state index contributed by atoms with van der Waals surface area (Å²) in [5.41, 5.74) is 6.57. The first-order valence-electron chi connectivity index (χ1n) is 10.7. The quantitative estimate of drug-likeness (QED) is 0.358. The fraction of sp³-hybridized carbons (Fsp3) is 0.185. The van der Waals surface area contributed by atoms with E-state index in [1.807, 2.05) is 57.2 Å². The SMILES string of the molecule is COc1cc(Br)c(O)c(/C=C2\SC(=Nc3ccc(C)c(C)c3)N(c3ccc(C)c(C)c3)C2=O)c1. The number of aliphatic imine (C=N–C) groups is 1. The molecule has 3 aromatic carbocycles. The number of hydrogen-bond donors (Lipinski definition) is 1. The number of halogens is 1. The smallest absolute Gasteiger partial charge is 0.271 e. The van der Waals surface area contributed by atoms with Crippen LogP contribution in [-0.2, 0) is 4.79 Å². The predicted molar refractivity (Wildman–Crippen MR) is 144 cm³/mol. The van der Waals surface area contributed by atoms with E-state index in [1.165, 1.54) is 17.3 Å². The molecule has 0 saturated carbocycles. The molecule has 3 aromatic rings. The van der Waals surface area contributed by atoms with Crippen LogP contribution in [0.15, 0.2) is 62.9 Å². The van der Waals surface area contributed by atoms with E-state index in [0.717, 1.165) is 28.1 Å². The Morgan fingerprint density at radius 3 is 2.29 bits per heavy atom. The largest absolute Gasteiger partial charge is 0.506 e. The van der Waals surface area contributed by atoms with Crippen LogP contribution in [0.2, 0.25) is 0 Å². The van der Waals surface area contributed by atoms with Crippen LogP contribution in [0.4, 0.5) is 11.4 Å². The lowest BCUT2D eigenvalue weighted by Crippen LogP contribution is -2.28. The number of benzene rings is 3. The highest BCUT2D eigenvalue weighted by atomic mass is 79.9. The number of aryl methyl sites for hydroxylation is 4. The summed E-state index contributed by atoms with van der Waals surface area (Å²) >= 11 is 4.63. The number of amides is 1. The Bertz CT molecular complexity index is 1360. The number of rotatable bonds is 4. The molecule has 0 bridgehead atoms. The fourth-order valence-electron chi connectivity index (χ4n) is 3.51. The second kappa shape index (κ2) is 9.68. The van der Waals surface area contributed by atoms with E-state index in [9.17, 15) is 9.90 Å². The van der Waals surface area contributed by atoms with Crippen molar-refractivity contribution in [2.75, 3.05) is 12.0 Å². The number of carbonyl (C=O) groups is 1. The molecule has 0 radical (unpaired) electrons. The lowest BCUT2D eigenvalue weighted by atomic mass is 10.1. The number of phenolic OH excluding ortho intramolecular Hbond substituents is 1. The minimum Gasteiger partial charge on any atom is -0.506 e. The van der Waals surface area contributed by atoms with Gasteiger partial charge < -0.3 is 9.84 Å². The van der Waals surface area contributed by atoms with Crippen molar-refractivity contribution >= 4 is 56.2 Å². The van der Waals surface area contributed by atoms with Gasteiger partial charge in [-0.2, -0.15) is 0 Å². The number of aromatic hydroxyl groups is 1. The minimum absolute atomic E-state index is 0.0407. The molecule has 0 spiro atoms. The number of phenols is 1. The van der Waals surface area contributed by atoms with Crippen molar-refractivity contribution in [1.82, 2.24) is 0 Å². The molecule has 1 fully saturated rings. The Labute approximate surface area is 212 Å². The van der Waals surface area contributed by atoms with E-state index in [4.69, 9.17) is 9.73 Å². The van der Waals surface area contributed by atoms with Gasteiger partial charge in [-0.25, -0.2) is 4.99 Å². The third-order valence-electron chi connectivity index (χ3n) is 5.86. The van der Waals surface area contributed by atoms with Gasteiger partial charge in [-0.05, 0) is 120 Å². The molecule has 34 heavy (non-hydrogen) atoms. The van der Waals surface area contributed by atoms with Gasteiger partial charge in [-0.1, -0.05) is 12.1 Å². The summed E-state index contributed by atoms with van der Waals surface area (Å²) in [6, 6.07) is 15.3. The molecule has 0 unspecified atom stereocenters. The maximum absolute atomic E-state index is 13.6. The highest BCUT2D eigenvalue weighted by Crippen LogP contribution is 2.40. The van der Waals surface area contributed by atoms with E-state index in [2.05, 4.69) is 22.9 Å². The van der Waals surface area contributed by atoms with Crippen molar-refractivity contribution < 1.29 is 14.6 Å². The van der Waals surface area contributed by atoms with Crippen LogP contribution >= 0.6 is 27.7 Å². The van der Waals surface area contributed by atoms with E-state index in [-0.39, 0.29) is 11.7 Å². The Morgan fingerprint density at radius 1 is 0.971 bits per heavy atom. The summed E-state index contributed by atoms with van der Waals surface area (Å²) in [6.07, 6.45) is 1.67. The van der Waals surface area contributed by atoms with Crippen LogP contribution in [0.5, 0.6) is 11.5 Å². The third-order valence-corrected chi connectivity index (χ3v) is 7.43. The maximum Gasteiger partial charge on any atom is 0.271 e. The van der Waals surface area contributed by atoms with Crippen LogP contribution in [0.25, 0.3) is 6.08 Å². The molecule has 0 aromatic heterocycles. The molecule has 1 N–H and O–H groups in total. The topological polar surface area (TPSA) is 62.1 Å². The van der Waals surface area contributed by atoms with Crippen LogP contribution in [0.3, 0.4) is 0 Å². The lowest BCUT2D eigenvalue weighted by molar-refractivity contribution is -0.113. The van der Waals surface area contributed by atoms with Crippen LogP contribution in [0.1, 0.15) is 27.8 Å². The summed E-state index contributed by atoms with van der Waals surface area (Å²) in [4.78, 5) is 20.5. The van der Waals surface area contributed by atoms with Crippen molar-refractivity contribution in [3.05, 3.63) is 85.7 Å². The second-order valence-corrected chi connectivity index (χ2v) is 10.1. The van der Waals surface area contributed by atoms with Crippen LogP contribution in [0, 0.1) is 27.7 Å². The molecule has 4 rings (SSSR count). The Hall–Kier alpha value is -3.03. The van der Waals surface area contributed by atoms with Gasteiger partial charge >= 0.3 is 0 Å². The summed E-state index contributed by atoms with van der Waals surface area (Å²) < 4.78 is 5.81. The first kappa shape index (κ1) is 24.1. The van der Waals surface area contributed by atoms with Gasteiger partial charge in [0.05, 0.1) is 27.9 Å². The molecular formula is C27H25BrN2O3S. The zero-order chi connectivity index (χ0) is 24.6. The van der Waals surface area contributed by atoms with Gasteiger partial charge in [0.25, 0.3) is 5.91 Å². The van der Waals surface area contributed by atoms with Gasteiger partial charge in [0.2, 0.25) is 0 Å². The average Bonchev–Trinajstić information content (AvgIpc) is 3.10. The van der Waals surface area contributed by atoms with Gasteiger partial charge in [0.15, 0.2) is 5.17 Å². The predicted octanol–water partition coefficient (Wildman–Crippen LogP) is 7.21. The van der Waals surface area contributed by atoms with Crippen molar-refractivity contribution in [2.24, 2.45) is 4.99 Å². The Morgan fingerprint density at radius 2 is 1.65 bits per heavy atom. The molecule has 0 aliphatic carbocycles. The Kier molecular flexibility index (Phi) is 6.86. The van der Waals surface area contributed by atoms with Gasteiger partial charge in [-0.15, -0.1) is 0 Å². The van der Waals surface area contributed by atoms with Crippen molar-refractivity contribution in [3.8, 4) is 11.5 Å². The first-order valence-corrected chi connectivity index (χ1v) is 12.3. The van der Waals surface area contributed by atoms with Crippen LogP contribution in [-0.4, -0.2) is 23.3 Å². The molecule has 5 nitrogen and oxygen atoms in total. The average molecular weight is 537 g/mol. The highest BCUT2D eigenvalue weighted by molar-refractivity contribution is 9.10. The first-order chi connectivity index (χ1) is 16.2. The molecule has 1 saturated heterocycles. The highest BCUT2D eigenvalue weighted by Gasteiger charge is 2.35. The van der Waals surface area contributed by atoms with Crippen molar-refractivity contribution in [1.29, 1.82) is 0 Å². The summed E-state index contributed by atoms with van der Waals surface area (Å²) in [5.74, 6) is 0.412. The van der Waals surface area contributed by atoms with Gasteiger partial charge in [0, 0.05) is 5.56 Å². The van der Waals surface area contributed by atoms with E-state index >= 15 is 0 Å². The maximum atomic E-state index is 13.6. The van der Waals surface area contributed by atoms with Crippen molar-refractivity contribution in [3.63, 3.8) is 0 Å². The van der Waals surface area contributed by atoms with Crippen LogP contribution < -0.4 is 9.64 Å². The number of thioether (sulfide) groups is 1. The number of carbonyl (C=O) groups excluding carboxylic acids is 1. The lowest BCUT2D eigenvalue weighted by Gasteiger charge is -2.17. The molecular weight excluding hydrogens is 512 g/mol. The van der Waals surface area contributed by atoms with E-state index < -0.39 is 0 Å². The minimum atomic E-state index is -0.200. The fourth-order valence-corrected chi connectivity index (χ4v) is 4.96. The normalized spacial score (nSPS) is 16.1. The summed E-state index contributed by atoms with van der Waals surface area (Å²) in [5, 5.41) is 11.1. The summed E-state index contributed by atoms with van der Waals surface area (Å²) in [6.45, 7) is 8.16. The van der Waals surface area contributed by atoms with Gasteiger partial charge in [0.1, 0.15) is 11.5 Å². The third kappa shape index (κ3) is 4.76. The zero-order valence-corrected chi connectivity index (χ0v) is 22.0. The van der Waals surface area contributed by atoms with Gasteiger partial charge in [-0.3, -0.25) is 9.69 Å². The number of anilines is 1. The van der Waals surface area contributed by atoms with E-state index in [0.29, 0.717) is 25.9 Å². The molecule has 7 heteroatoms. The zero-order valence-electron chi connectivity index (χ0n) is 19.6. The molecule has 1 aliphatic heterocycles. The molecule has 1 aliphatic rings.